The molecule has 0 unspecified atom stereocenters. The molecule has 1 aromatic heterocycles. The Morgan fingerprint density at radius 1 is 1.31 bits per heavy atom. The van der Waals surface area contributed by atoms with Crippen LogP contribution in [0.5, 0.6) is 0 Å². The quantitative estimate of drug-likeness (QED) is 0.909. The van der Waals surface area contributed by atoms with Gasteiger partial charge in [-0.05, 0) is 51.5 Å². The lowest BCUT2D eigenvalue weighted by atomic mass is 9.68. The summed E-state index contributed by atoms with van der Waals surface area (Å²) in [6.45, 7) is 2.76. The molecular formula is C20H24N2O4. The highest BCUT2D eigenvalue weighted by Crippen LogP contribution is 2.42. The zero-order valence-corrected chi connectivity index (χ0v) is 15.0. The number of rotatable bonds is 3. The van der Waals surface area contributed by atoms with Crippen LogP contribution in [0.1, 0.15) is 24.8 Å². The Bertz CT molecular complexity index is 893. The van der Waals surface area contributed by atoms with E-state index >= 15 is 0 Å². The Kier molecular flexibility index (Phi) is 4.32. The highest BCUT2D eigenvalue weighted by molar-refractivity contribution is 5.77. The van der Waals surface area contributed by atoms with Crippen molar-refractivity contribution in [1.82, 2.24) is 9.80 Å². The second-order valence-corrected chi connectivity index (χ2v) is 7.63. The topological polar surface area (TPSA) is 74.0 Å². The summed E-state index contributed by atoms with van der Waals surface area (Å²) in [5.41, 5.74) is 0.568. The number of nitrogens with zero attached hydrogens (tertiary/aromatic N) is 2. The first-order chi connectivity index (χ1) is 12.5. The fourth-order valence-electron chi connectivity index (χ4n) is 4.66. The normalized spacial score (nSPS) is 27.3. The van der Waals surface area contributed by atoms with Crippen molar-refractivity contribution >= 4 is 16.9 Å². The highest BCUT2D eigenvalue weighted by atomic mass is 16.4. The smallest absolute Gasteiger partial charge is 0.311 e. The predicted molar refractivity (Wildman–Crippen MR) is 98.1 cm³/mol. The molecule has 0 amide bonds. The standard InChI is InChI=1S/C20H24N2O4/c1-21-9-4-7-20(19(24)25)8-10-22(12-17(20)21)11-14-13-26-16-6-3-2-5-15(16)18(14)23/h2-3,5-6,13,17H,4,7-12H2,1H3,(H,24,25)/t17-,20+/m1/s1. The Morgan fingerprint density at radius 3 is 2.92 bits per heavy atom. The minimum absolute atomic E-state index is 0.001000. The monoisotopic (exact) mass is 356 g/mol. The van der Waals surface area contributed by atoms with Crippen LogP contribution >= 0.6 is 0 Å². The molecule has 6 heteroatoms. The van der Waals surface area contributed by atoms with Crippen molar-refractivity contribution in [1.29, 1.82) is 0 Å². The molecule has 2 aliphatic heterocycles. The predicted octanol–water partition coefficient (Wildman–Crippen LogP) is 2.16. The number of hydrogen-bond acceptors (Lipinski definition) is 5. The summed E-state index contributed by atoms with van der Waals surface area (Å²) in [6.07, 6.45) is 3.83. The molecule has 1 N–H and O–H groups in total. The van der Waals surface area contributed by atoms with Gasteiger partial charge in [0.25, 0.3) is 0 Å². The van der Waals surface area contributed by atoms with Crippen molar-refractivity contribution in [2.45, 2.75) is 31.8 Å². The van der Waals surface area contributed by atoms with Gasteiger partial charge in [0.1, 0.15) is 5.58 Å². The molecule has 2 aliphatic rings. The van der Waals surface area contributed by atoms with Gasteiger partial charge in [-0.2, -0.15) is 0 Å². The van der Waals surface area contributed by atoms with E-state index in [0.717, 1.165) is 19.4 Å². The molecule has 3 heterocycles. The van der Waals surface area contributed by atoms with E-state index < -0.39 is 11.4 Å². The van der Waals surface area contributed by atoms with E-state index in [1.807, 2.05) is 19.2 Å². The van der Waals surface area contributed by atoms with Gasteiger partial charge in [-0.15, -0.1) is 0 Å². The summed E-state index contributed by atoms with van der Waals surface area (Å²) in [5, 5.41) is 10.5. The fraction of sp³-hybridized carbons (Fsp3) is 0.500. The number of carboxylic acids is 1. The first kappa shape index (κ1) is 17.2. The zero-order chi connectivity index (χ0) is 18.3. The minimum Gasteiger partial charge on any atom is -0.481 e. The van der Waals surface area contributed by atoms with E-state index in [2.05, 4.69) is 9.80 Å². The molecule has 0 saturated carbocycles. The summed E-state index contributed by atoms with van der Waals surface area (Å²) in [6, 6.07) is 7.24. The number of fused-ring (bicyclic) bond motifs is 2. The minimum atomic E-state index is -0.682. The third kappa shape index (κ3) is 2.73. The van der Waals surface area contributed by atoms with E-state index in [1.165, 1.54) is 0 Å². The number of likely N-dealkylation sites (N-methyl/N-ethyl adjacent to an activating group) is 1. The van der Waals surface area contributed by atoms with Crippen LogP contribution in [0, 0.1) is 5.41 Å². The van der Waals surface area contributed by atoms with Gasteiger partial charge < -0.3 is 14.4 Å². The van der Waals surface area contributed by atoms with Crippen molar-refractivity contribution in [2.75, 3.05) is 26.7 Å². The molecule has 0 spiro atoms. The summed E-state index contributed by atoms with van der Waals surface area (Å²) in [5.74, 6) is -0.682. The van der Waals surface area contributed by atoms with Crippen LogP contribution in [0.4, 0.5) is 0 Å². The molecule has 4 rings (SSSR count). The van der Waals surface area contributed by atoms with Gasteiger partial charge in [0.2, 0.25) is 0 Å². The van der Waals surface area contributed by atoms with Crippen LogP contribution in [0.3, 0.4) is 0 Å². The largest absolute Gasteiger partial charge is 0.481 e. The third-order valence-corrected chi connectivity index (χ3v) is 6.18. The number of para-hydroxylation sites is 1. The average molecular weight is 356 g/mol. The van der Waals surface area contributed by atoms with Crippen LogP contribution in [0.15, 0.2) is 39.7 Å². The maximum Gasteiger partial charge on any atom is 0.311 e. The van der Waals surface area contributed by atoms with Crippen LogP contribution < -0.4 is 5.43 Å². The number of likely N-dealkylation sites (tertiary alicyclic amines) is 2. The van der Waals surface area contributed by atoms with Crippen molar-refractivity contribution in [3.63, 3.8) is 0 Å². The van der Waals surface area contributed by atoms with Crippen molar-refractivity contribution in [3.05, 3.63) is 46.3 Å². The highest BCUT2D eigenvalue weighted by Gasteiger charge is 2.52. The number of benzene rings is 1. The molecule has 2 atom stereocenters. The van der Waals surface area contributed by atoms with E-state index in [9.17, 15) is 14.7 Å². The summed E-state index contributed by atoms with van der Waals surface area (Å²) >= 11 is 0. The number of piperidine rings is 2. The maximum atomic E-state index is 12.7. The SMILES string of the molecule is CN1CCC[C@]2(C(=O)O)CCN(Cc3coc4ccccc4c3=O)C[C@@H]12. The fourth-order valence-corrected chi connectivity index (χ4v) is 4.66. The molecule has 6 nitrogen and oxygen atoms in total. The van der Waals surface area contributed by atoms with Crippen molar-refractivity contribution < 1.29 is 14.3 Å². The van der Waals surface area contributed by atoms with Crippen LogP contribution in [-0.4, -0.2) is 53.6 Å². The van der Waals surface area contributed by atoms with Crippen LogP contribution in [0.2, 0.25) is 0 Å². The van der Waals surface area contributed by atoms with Crippen LogP contribution in [-0.2, 0) is 11.3 Å². The summed E-state index contributed by atoms with van der Waals surface area (Å²) in [4.78, 5) is 29.1. The Balaban J connectivity index is 1.58. The summed E-state index contributed by atoms with van der Waals surface area (Å²) in [7, 11) is 2.01. The first-order valence-electron chi connectivity index (χ1n) is 9.17. The molecule has 0 aliphatic carbocycles. The van der Waals surface area contributed by atoms with Gasteiger partial charge in [-0.25, -0.2) is 0 Å². The summed E-state index contributed by atoms with van der Waals surface area (Å²) < 4.78 is 5.62. The van der Waals surface area contributed by atoms with Gasteiger partial charge in [0.05, 0.1) is 17.1 Å². The number of carboxylic acid groups (broad SMARTS) is 1. The first-order valence-corrected chi connectivity index (χ1v) is 9.17. The molecule has 26 heavy (non-hydrogen) atoms. The maximum absolute atomic E-state index is 12.7. The molecule has 2 saturated heterocycles. The van der Waals surface area contributed by atoms with E-state index in [4.69, 9.17) is 4.42 Å². The molecule has 1 aromatic carbocycles. The van der Waals surface area contributed by atoms with E-state index in [0.29, 0.717) is 42.6 Å². The lowest BCUT2D eigenvalue weighted by Gasteiger charge is -2.51. The molecular weight excluding hydrogens is 332 g/mol. The molecule has 0 radical (unpaired) electrons. The molecule has 2 fully saturated rings. The van der Waals surface area contributed by atoms with E-state index in [1.54, 1.807) is 18.4 Å². The van der Waals surface area contributed by atoms with Crippen molar-refractivity contribution in [2.24, 2.45) is 5.41 Å². The Morgan fingerprint density at radius 2 is 2.12 bits per heavy atom. The Labute approximate surface area is 152 Å². The van der Waals surface area contributed by atoms with Gasteiger partial charge in [0.15, 0.2) is 5.43 Å². The number of hydrogen-bond donors (Lipinski definition) is 1. The van der Waals surface area contributed by atoms with Gasteiger partial charge in [0, 0.05) is 24.7 Å². The number of aliphatic carboxylic acids is 1. The molecule has 0 bridgehead atoms. The molecule has 2 aromatic rings. The second-order valence-electron chi connectivity index (χ2n) is 7.63. The lowest BCUT2D eigenvalue weighted by molar-refractivity contribution is -0.162. The van der Waals surface area contributed by atoms with Gasteiger partial charge >= 0.3 is 5.97 Å². The zero-order valence-electron chi connectivity index (χ0n) is 15.0. The van der Waals surface area contributed by atoms with Crippen LogP contribution in [0.25, 0.3) is 11.0 Å². The second kappa shape index (κ2) is 6.52. The molecule has 138 valence electrons. The van der Waals surface area contributed by atoms with E-state index in [-0.39, 0.29) is 11.5 Å². The average Bonchev–Trinajstić information content (AvgIpc) is 2.65. The van der Waals surface area contributed by atoms with Gasteiger partial charge in [-0.3, -0.25) is 14.5 Å². The Hall–Kier alpha value is -2.18. The third-order valence-electron chi connectivity index (χ3n) is 6.18. The number of carbonyl (C=O) groups is 1. The van der Waals surface area contributed by atoms with Gasteiger partial charge in [-0.1, -0.05) is 12.1 Å². The van der Waals surface area contributed by atoms with Crippen molar-refractivity contribution in [3.8, 4) is 0 Å². The lowest BCUT2D eigenvalue weighted by Crippen LogP contribution is -2.62.